The number of carbonyl (C=O) groups excluding carboxylic acids is 1. The van der Waals surface area contributed by atoms with Crippen molar-refractivity contribution in [2.45, 2.75) is 76.5 Å². The van der Waals surface area contributed by atoms with E-state index in [4.69, 9.17) is 14.5 Å². The van der Waals surface area contributed by atoms with Crippen LogP contribution in [0.3, 0.4) is 0 Å². The molecule has 2 fully saturated rings. The molecule has 5 heterocycles. The van der Waals surface area contributed by atoms with Crippen LogP contribution >= 0.6 is 0 Å². The maximum Gasteiger partial charge on any atom is 0.394 e. The molecule has 11 nitrogen and oxygen atoms in total. The van der Waals surface area contributed by atoms with E-state index in [-0.39, 0.29) is 65.9 Å². The van der Waals surface area contributed by atoms with Crippen LogP contribution in [0.5, 0.6) is 11.8 Å². The molecule has 0 radical (unpaired) electrons. The molecule has 1 N–H and O–H groups in total. The van der Waals surface area contributed by atoms with Gasteiger partial charge in [0.15, 0.2) is 10.8 Å². The molecule has 3 aromatic rings. The van der Waals surface area contributed by atoms with Gasteiger partial charge in [-0.25, -0.2) is 14.4 Å². The van der Waals surface area contributed by atoms with Gasteiger partial charge in [0.1, 0.15) is 5.82 Å². The van der Waals surface area contributed by atoms with Crippen LogP contribution in [0.2, 0.25) is 0 Å². The Morgan fingerprint density at radius 3 is 2.61 bits per heavy atom. The molecule has 0 aromatic carbocycles. The molecule has 1 aliphatic carbocycles. The van der Waals surface area contributed by atoms with Crippen LogP contribution in [0.25, 0.3) is 5.82 Å². The van der Waals surface area contributed by atoms with Crippen molar-refractivity contribution in [3.63, 3.8) is 0 Å². The van der Waals surface area contributed by atoms with Crippen molar-refractivity contribution in [1.29, 1.82) is 0 Å². The summed E-state index contributed by atoms with van der Waals surface area (Å²) in [6.07, 6.45) is -1.12. The molecule has 1 saturated carbocycles. The first-order valence-corrected chi connectivity index (χ1v) is 16.8. The first kappa shape index (κ1) is 32.1. The molecule has 46 heavy (non-hydrogen) atoms. The number of hydrogen-bond donors (Lipinski definition) is 1. The second-order valence-electron chi connectivity index (χ2n) is 13.2. The highest BCUT2D eigenvalue weighted by Crippen LogP contribution is 2.59. The first-order valence-electron chi connectivity index (χ1n) is 15.3. The van der Waals surface area contributed by atoms with Gasteiger partial charge in [-0.15, -0.1) is 5.10 Å². The standard InChI is InChI=1S/C31H37F3N6O5S/c1-19-10-15-45-28-20(2)5-8-25(36-28)46(42,43)38-27(41)22-6-7-23(35-26(22)39-18-21(19)17-29(39,3)4)40-14-9-24(37-40)44-16-13-30(11-12-30)31(32,33)34/h5-9,14,19,21H,10-13,15-18H2,1-4H3,(H,38,41). The number of anilines is 1. The van der Waals surface area contributed by atoms with Gasteiger partial charge in [-0.3, -0.25) is 4.79 Å². The summed E-state index contributed by atoms with van der Waals surface area (Å²) < 4.78 is 81.5. The van der Waals surface area contributed by atoms with Gasteiger partial charge < -0.3 is 14.4 Å². The van der Waals surface area contributed by atoms with Crippen molar-refractivity contribution in [2.75, 3.05) is 24.7 Å². The van der Waals surface area contributed by atoms with E-state index in [0.717, 1.165) is 6.42 Å². The highest BCUT2D eigenvalue weighted by Gasteiger charge is 2.62. The average molecular weight is 663 g/mol. The number of nitrogens with zero attached hydrogens (tertiary/aromatic N) is 5. The highest BCUT2D eigenvalue weighted by molar-refractivity contribution is 7.90. The van der Waals surface area contributed by atoms with Crippen LogP contribution in [0.1, 0.15) is 68.8 Å². The number of carbonyl (C=O) groups is 1. The zero-order valence-electron chi connectivity index (χ0n) is 26.1. The fraction of sp³-hybridized carbons (Fsp3) is 0.548. The number of aryl methyl sites for hydroxylation is 1. The smallest absolute Gasteiger partial charge is 0.394 e. The van der Waals surface area contributed by atoms with Crippen molar-refractivity contribution in [2.24, 2.45) is 17.3 Å². The first-order chi connectivity index (χ1) is 21.6. The van der Waals surface area contributed by atoms with E-state index in [0.29, 0.717) is 31.0 Å². The molecule has 2 unspecified atom stereocenters. The minimum atomic E-state index is -4.37. The maximum absolute atomic E-state index is 13.7. The summed E-state index contributed by atoms with van der Waals surface area (Å²) >= 11 is 0. The van der Waals surface area contributed by atoms with Gasteiger partial charge >= 0.3 is 6.18 Å². The predicted molar refractivity (Wildman–Crippen MR) is 162 cm³/mol. The topological polar surface area (TPSA) is 129 Å². The van der Waals surface area contributed by atoms with Crippen LogP contribution in [0.4, 0.5) is 19.0 Å². The van der Waals surface area contributed by atoms with Gasteiger partial charge in [0.2, 0.25) is 11.8 Å². The molecule has 0 spiro atoms. The molecule has 15 heteroatoms. The van der Waals surface area contributed by atoms with Crippen molar-refractivity contribution in [1.82, 2.24) is 24.5 Å². The zero-order valence-corrected chi connectivity index (χ0v) is 26.9. The van der Waals surface area contributed by atoms with Crippen LogP contribution in [0.15, 0.2) is 41.6 Å². The largest absolute Gasteiger partial charge is 0.477 e. The van der Waals surface area contributed by atoms with E-state index in [1.807, 2.05) is 4.90 Å². The van der Waals surface area contributed by atoms with Gasteiger partial charge in [-0.1, -0.05) is 13.0 Å². The summed E-state index contributed by atoms with van der Waals surface area (Å²) in [4.78, 5) is 24.7. The summed E-state index contributed by atoms with van der Waals surface area (Å²) in [5.74, 6) is 0.540. The molecule has 6 rings (SSSR count). The Morgan fingerprint density at radius 1 is 1.13 bits per heavy atom. The van der Waals surface area contributed by atoms with Crippen LogP contribution in [-0.2, 0) is 10.0 Å². The summed E-state index contributed by atoms with van der Waals surface area (Å²) in [5.41, 5.74) is -1.37. The number of amides is 1. The van der Waals surface area contributed by atoms with E-state index in [9.17, 15) is 26.4 Å². The summed E-state index contributed by atoms with van der Waals surface area (Å²) in [5, 5.41) is 4.01. The van der Waals surface area contributed by atoms with Crippen LogP contribution < -0.4 is 19.1 Å². The van der Waals surface area contributed by atoms with E-state index >= 15 is 0 Å². The lowest BCUT2D eigenvalue weighted by Crippen LogP contribution is -2.41. The molecule has 2 atom stereocenters. The van der Waals surface area contributed by atoms with Gasteiger partial charge in [-0.05, 0) is 82.9 Å². The number of alkyl halides is 3. The number of aromatic nitrogens is 4. The SMILES string of the molecule is Cc1ccc2nc1OCCC(C)C1CN(c3nc(-n4ccc(OCCC5(C(F)(F)F)CC5)n4)ccc3C(=O)NS2(=O)=O)C(C)(C)C1. The molecule has 1 amide bonds. The average Bonchev–Trinajstić information content (AvgIpc) is 3.52. The lowest BCUT2D eigenvalue weighted by molar-refractivity contribution is -0.190. The molecule has 3 aromatic heterocycles. The second kappa shape index (κ2) is 11.4. The van der Waals surface area contributed by atoms with E-state index < -0.39 is 33.1 Å². The van der Waals surface area contributed by atoms with Crippen molar-refractivity contribution >= 4 is 21.7 Å². The quantitative estimate of drug-likeness (QED) is 0.391. The highest BCUT2D eigenvalue weighted by atomic mass is 32.2. The Balaban J connectivity index is 1.33. The fourth-order valence-electron chi connectivity index (χ4n) is 6.29. The van der Waals surface area contributed by atoms with Gasteiger partial charge in [0.05, 0.1) is 24.2 Å². The number of sulfonamides is 1. The van der Waals surface area contributed by atoms with Gasteiger partial charge in [-0.2, -0.15) is 26.6 Å². The number of hydrogen-bond acceptors (Lipinski definition) is 9. The number of fused-ring (bicyclic) bond motifs is 6. The predicted octanol–water partition coefficient (Wildman–Crippen LogP) is 5.22. The number of nitrogens with one attached hydrogen (secondary N) is 1. The van der Waals surface area contributed by atoms with Crippen molar-refractivity contribution in [3.05, 3.63) is 47.7 Å². The zero-order chi connectivity index (χ0) is 33.1. The fourth-order valence-corrected chi connectivity index (χ4v) is 7.19. The third kappa shape index (κ3) is 6.13. The molecule has 1 saturated heterocycles. The van der Waals surface area contributed by atoms with E-state index in [1.54, 1.807) is 19.2 Å². The normalized spacial score (nSPS) is 23.4. The minimum absolute atomic E-state index is 0.0534. The Morgan fingerprint density at radius 2 is 1.89 bits per heavy atom. The molecule has 4 bridgehead atoms. The summed E-state index contributed by atoms with van der Waals surface area (Å²) in [6, 6.07) is 7.46. The lowest BCUT2D eigenvalue weighted by Gasteiger charge is -2.34. The number of halogens is 3. The lowest BCUT2D eigenvalue weighted by atomic mass is 9.86. The van der Waals surface area contributed by atoms with Crippen LogP contribution in [0, 0.1) is 24.2 Å². The van der Waals surface area contributed by atoms with Gasteiger partial charge in [0, 0.05) is 29.9 Å². The Hall–Kier alpha value is -3.88. The summed E-state index contributed by atoms with van der Waals surface area (Å²) in [7, 11) is -4.37. The van der Waals surface area contributed by atoms with Crippen molar-refractivity contribution < 1.29 is 35.9 Å². The number of pyridine rings is 2. The number of ether oxygens (including phenoxy) is 2. The molecule has 2 aliphatic heterocycles. The van der Waals surface area contributed by atoms with Crippen LogP contribution in [-0.4, -0.2) is 65.5 Å². The molecular weight excluding hydrogens is 625 g/mol. The van der Waals surface area contributed by atoms with Crippen molar-refractivity contribution in [3.8, 4) is 17.6 Å². The summed E-state index contributed by atoms with van der Waals surface area (Å²) in [6.45, 7) is 8.81. The Labute approximate surface area is 265 Å². The third-order valence-corrected chi connectivity index (χ3v) is 10.7. The molecule has 3 aliphatic rings. The van der Waals surface area contributed by atoms with E-state index in [1.165, 1.54) is 28.9 Å². The monoisotopic (exact) mass is 662 g/mol. The van der Waals surface area contributed by atoms with Gasteiger partial charge in [0.25, 0.3) is 15.9 Å². The minimum Gasteiger partial charge on any atom is -0.477 e. The third-order valence-electron chi connectivity index (χ3n) is 9.50. The maximum atomic E-state index is 13.7. The van der Waals surface area contributed by atoms with E-state index in [2.05, 4.69) is 35.6 Å². The molecule has 248 valence electrons. The number of rotatable bonds is 5. The Kier molecular flexibility index (Phi) is 7.97. The molecular formula is C31H37F3N6O5S. The Bertz CT molecular complexity index is 1760. The second-order valence-corrected chi connectivity index (χ2v) is 14.9.